The van der Waals surface area contributed by atoms with Crippen LogP contribution in [0.1, 0.15) is 47.1 Å². The van der Waals surface area contributed by atoms with Gasteiger partial charge < -0.3 is 14.5 Å². The van der Waals surface area contributed by atoms with Gasteiger partial charge in [-0.25, -0.2) is 4.39 Å². The van der Waals surface area contributed by atoms with E-state index in [0.29, 0.717) is 36.2 Å². The Bertz CT molecular complexity index is 1200. The van der Waals surface area contributed by atoms with Crippen LogP contribution < -0.4 is 4.74 Å². The van der Waals surface area contributed by atoms with Gasteiger partial charge in [-0.2, -0.15) is 0 Å². The van der Waals surface area contributed by atoms with Crippen LogP contribution in [0.15, 0.2) is 60.0 Å². The predicted octanol–water partition coefficient (Wildman–Crippen LogP) is 6.23. The molecule has 1 aromatic heterocycles. The highest BCUT2D eigenvalue weighted by Crippen LogP contribution is 2.34. The van der Waals surface area contributed by atoms with Crippen molar-refractivity contribution in [2.24, 2.45) is 5.92 Å². The monoisotopic (exact) mass is 528 g/mol. The van der Waals surface area contributed by atoms with E-state index in [1.54, 1.807) is 52.6 Å². The minimum Gasteiger partial charge on any atom is -0.491 e. The van der Waals surface area contributed by atoms with Gasteiger partial charge >= 0.3 is 0 Å². The topological polar surface area (TPSA) is 49.9 Å². The minimum absolute atomic E-state index is 0.0181. The number of carbonyl (C=O) groups excluding carboxylic acids is 2. The van der Waals surface area contributed by atoms with Crippen molar-refractivity contribution >= 4 is 34.8 Å². The first-order chi connectivity index (χ1) is 17.3. The number of fused-ring (bicyclic) bond motifs is 1. The summed E-state index contributed by atoms with van der Waals surface area (Å²) in [6.45, 7) is 5.19. The molecule has 0 unspecified atom stereocenters. The van der Waals surface area contributed by atoms with E-state index in [2.05, 4.69) is 13.8 Å². The van der Waals surface area contributed by atoms with Crippen LogP contribution in [0.25, 0.3) is 0 Å². The Balaban J connectivity index is 1.54. The quantitative estimate of drug-likeness (QED) is 0.330. The van der Waals surface area contributed by atoms with Crippen LogP contribution in [0.2, 0.25) is 5.02 Å². The molecule has 1 aliphatic rings. The highest BCUT2D eigenvalue weighted by atomic mass is 35.5. The molecule has 0 bridgehead atoms. The summed E-state index contributed by atoms with van der Waals surface area (Å²) in [4.78, 5) is 31.4. The second-order valence-corrected chi connectivity index (χ2v) is 10.7. The normalized spacial score (nSPS) is 15.0. The summed E-state index contributed by atoms with van der Waals surface area (Å²) < 4.78 is 20.4. The first kappa shape index (κ1) is 26.2. The Morgan fingerprint density at radius 1 is 1.17 bits per heavy atom. The molecule has 2 heterocycles. The van der Waals surface area contributed by atoms with E-state index in [1.165, 1.54) is 21.9 Å². The first-order valence-electron chi connectivity index (χ1n) is 12.1. The molecule has 36 heavy (non-hydrogen) atoms. The molecule has 8 heteroatoms. The fraction of sp³-hybridized carbons (Fsp3) is 0.357. The summed E-state index contributed by atoms with van der Waals surface area (Å²) in [7, 11) is 0. The van der Waals surface area contributed by atoms with Crippen molar-refractivity contribution in [1.29, 1.82) is 0 Å². The lowest BCUT2D eigenvalue weighted by Gasteiger charge is -2.37. The van der Waals surface area contributed by atoms with Crippen molar-refractivity contribution in [1.82, 2.24) is 9.80 Å². The Labute approximate surface area is 220 Å². The van der Waals surface area contributed by atoms with Gasteiger partial charge in [0.05, 0.1) is 11.6 Å². The molecule has 5 nitrogen and oxygen atoms in total. The zero-order chi connectivity index (χ0) is 25.7. The van der Waals surface area contributed by atoms with Crippen LogP contribution in [0.5, 0.6) is 5.75 Å². The molecule has 4 rings (SSSR count). The van der Waals surface area contributed by atoms with Crippen LogP contribution in [0.3, 0.4) is 0 Å². The maximum absolute atomic E-state index is 14.4. The number of carbonyl (C=O) groups is 2. The lowest BCUT2D eigenvalue weighted by molar-refractivity contribution is -0.135. The van der Waals surface area contributed by atoms with Crippen LogP contribution in [0, 0.1) is 11.7 Å². The van der Waals surface area contributed by atoms with Gasteiger partial charge in [-0.1, -0.05) is 37.6 Å². The molecule has 2 aromatic carbocycles. The second-order valence-electron chi connectivity index (χ2n) is 9.31. The number of nitrogens with zero attached hydrogens (tertiary/aromatic N) is 2. The van der Waals surface area contributed by atoms with E-state index in [-0.39, 0.29) is 30.7 Å². The molecule has 1 atom stereocenters. The SMILES string of the molecule is CC(C)CCN(CC(=O)N1CCc2sccc2[C@@H]1COc1ccc(Cl)cc1)C(=O)c1ccccc1F. The molecule has 0 saturated heterocycles. The molecule has 1 aliphatic heterocycles. The number of ether oxygens (including phenoxy) is 1. The number of hydrogen-bond acceptors (Lipinski definition) is 4. The fourth-order valence-electron chi connectivity index (χ4n) is 4.31. The standard InChI is InChI=1S/C28H30ClFN2O3S/c1-19(2)11-14-31(28(34)22-5-3-4-6-24(22)30)17-27(33)32-15-12-26-23(13-16-36-26)25(32)18-35-21-9-7-20(29)8-10-21/h3-10,13,16,19,25H,11-12,14-15,17-18H2,1-2H3/t25-/m0/s1. The number of rotatable bonds is 9. The van der Waals surface area contributed by atoms with Gasteiger partial charge in [0.1, 0.15) is 24.7 Å². The van der Waals surface area contributed by atoms with Crippen molar-refractivity contribution in [3.63, 3.8) is 0 Å². The van der Waals surface area contributed by atoms with Crippen LogP contribution in [-0.2, 0) is 11.2 Å². The van der Waals surface area contributed by atoms with Crippen molar-refractivity contribution < 1.29 is 18.7 Å². The molecule has 190 valence electrons. The van der Waals surface area contributed by atoms with Gasteiger partial charge in [0.25, 0.3) is 5.91 Å². The molecule has 2 amide bonds. The molecule has 3 aromatic rings. The average Bonchev–Trinajstić information content (AvgIpc) is 3.35. The van der Waals surface area contributed by atoms with E-state index in [4.69, 9.17) is 16.3 Å². The summed E-state index contributed by atoms with van der Waals surface area (Å²) in [5, 5.41) is 2.66. The van der Waals surface area contributed by atoms with E-state index in [1.807, 2.05) is 11.4 Å². The smallest absolute Gasteiger partial charge is 0.257 e. The molecule has 0 saturated carbocycles. The number of amides is 2. The van der Waals surface area contributed by atoms with Gasteiger partial charge in [-0.05, 0) is 72.2 Å². The third-order valence-electron chi connectivity index (χ3n) is 6.33. The van der Waals surface area contributed by atoms with E-state index < -0.39 is 11.7 Å². The molecule has 0 fully saturated rings. The number of halogens is 2. The van der Waals surface area contributed by atoms with E-state index in [9.17, 15) is 14.0 Å². The molecule has 0 spiro atoms. The predicted molar refractivity (Wildman–Crippen MR) is 141 cm³/mol. The largest absolute Gasteiger partial charge is 0.491 e. The van der Waals surface area contributed by atoms with Crippen molar-refractivity contribution in [2.75, 3.05) is 26.2 Å². The van der Waals surface area contributed by atoms with Crippen molar-refractivity contribution in [3.05, 3.63) is 86.8 Å². The van der Waals surface area contributed by atoms with Gasteiger partial charge in [0.15, 0.2) is 0 Å². The molecular weight excluding hydrogens is 499 g/mol. The highest BCUT2D eigenvalue weighted by molar-refractivity contribution is 7.10. The molecule has 0 radical (unpaired) electrons. The second kappa shape index (κ2) is 11.9. The Morgan fingerprint density at radius 2 is 1.92 bits per heavy atom. The molecular formula is C28H30ClFN2O3S. The zero-order valence-corrected chi connectivity index (χ0v) is 22.0. The Kier molecular flexibility index (Phi) is 8.64. The summed E-state index contributed by atoms with van der Waals surface area (Å²) >= 11 is 7.67. The van der Waals surface area contributed by atoms with Crippen LogP contribution >= 0.6 is 22.9 Å². The highest BCUT2D eigenvalue weighted by Gasteiger charge is 2.34. The minimum atomic E-state index is -0.584. The van der Waals surface area contributed by atoms with Crippen molar-refractivity contribution in [2.45, 2.75) is 32.7 Å². The van der Waals surface area contributed by atoms with Gasteiger partial charge in [-0.15, -0.1) is 11.3 Å². The van der Waals surface area contributed by atoms with E-state index >= 15 is 0 Å². The summed E-state index contributed by atoms with van der Waals surface area (Å²) in [6.07, 6.45) is 1.47. The third kappa shape index (κ3) is 6.26. The third-order valence-corrected chi connectivity index (χ3v) is 7.58. The van der Waals surface area contributed by atoms with Gasteiger partial charge in [0, 0.05) is 23.0 Å². The maximum atomic E-state index is 14.4. The summed E-state index contributed by atoms with van der Waals surface area (Å²) in [5.41, 5.74) is 1.05. The van der Waals surface area contributed by atoms with E-state index in [0.717, 1.165) is 12.0 Å². The summed E-state index contributed by atoms with van der Waals surface area (Å²) in [5.74, 6) is -0.226. The van der Waals surface area contributed by atoms with Crippen LogP contribution in [0.4, 0.5) is 4.39 Å². The van der Waals surface area contributed by atoms with Crippen molar-refractivity contribution in [3.8, 4) is 5.75 Å². The number of hydrogen-bond donors (Lipinski definition) is 0. The average molecular weight is 529 g/mol. The molecule has 0 aliphatic carbocycles. The number of thiophene rings is 1. The zero-order valence-electron chi connectivity index (χ0n) is 20.5. The fourth-order valence-corrected chi connectivity index (χ4v) is 5.36. The Morgan fingerprint density at radius 3 is 2.64 bits per heavy atom. The summed E-state index contributed by atoms with van der Waals surface area (Å²) in [6, 6.07) is 14.8. The lowest BCUT2D eigenvalue weighted by atomic mass is 10.00. The van der Waals surface area contributed by atoms with Crippen LogP contribution in [-0.4, -0.2) is 47.9 Å². The van der Waals surface area contributed by atoms with Gasteiger partial charge in [0.2, 0.25) is 5.91 Å². The first-order valence-corrected chi connectivity index (χ1v) is 13.4. The molecule has 0 N–H and O–H groups in total. The number of benzene rings is 2. The Hall–Kier alpha value is -2.90. The van der Waals surface area contributed by atoms with Gasteiger partial charge in [-0.3, -0.25) is 9.59 Å². The maximum Gasteiger partial charge on any atom is 0.257 e. The lowest BCUT2D eigenvalue weighted by Crippen LogP contribution is -2.48.